The third-order valence-electron chi connectivity index (χ3n) is 3.78. The Morgan fingerprint density at radius 1 is 1.27 bits per heavy atom. The standard InChI is InChI=1S/C18H15Cl2N3O3/c1-11(13-8-12(19)6-7-14(13)20)21-22-17(24)9-23-15-4-2-3-5-16(15)26-10-18(23)25/h2-8H,9-10H2,1H3,(H,22,24)/b21-11-. The maximum absolute atomic E-state index is 12.2. The predicted octanol–water partition coefficient (Wildman–Crippen LogP) is 3.26. The van der Waals surface area contributed by atoms with Gasteiger partial charge >= 0.3 is 0 Å². The zero-order valence-electron chi connectivity index (χ0n) is 13.8. The summed E-state index contributed by atoms with van der Waals surface area (Å²) in [5.74, 6) is -0.171. The van der Waals surface area contributed by atoms with Crippen LogP contribution in [0, 0.1) is 0 Å². The fourth-order valence-corrected chi connectivity index (χ4v) is 2.91. The van der Waals surface area contributed by atoms with E-state index < -0.39 is 5.91 Å². The van der Waals surface area contributed by atoms with Gasteiger partial charge in [-0.1, -0.05) is 35.3 Å². The molecule has 0 atom stereocenters. The van der Waals surface area contributed by atoms with Gasteiger partial charge in [0.15, 0.2) is 6.61 Å². The van der Waals surface area contributed by atoms with Crippen molar-refractivity contribution >= 4 is 46.4 Å². The second-order valence-electron chi connectivity index (χ2n) is 5.59. The first-order valence-corrected chi connectivity index (χ1v) is 8.52. The number of hydrogen-bond donors (Lipinski definition) is 1. The fourth-order valence-electron chi connectivity index (χ4n) is 2.49. The van der Waals surface area contributed by atoms with Crippen molar-refractivity contribution in [1.29, 1.82) is 0 Å². The van der Waals surface area contributed by atoms with E-state index in [9.17, 15) is 9.59 Å². The summed E-state index contributed by atoms with van der Waals surface area (Å²) >= 11 is 12.1. The summed E-state index contributed by atoms with van der Waals surface area (Å²) < 4.78 is 5.35. The van der Waals surface area contributed by atoms with Gasteiger partial charge in [0.2, 0.25) is 0 Å². The average molecular weight is 392 g/mol. The van der Waals surface area contributed by atoms with Crippen molar-refractivity contribution in [3.8, 4) is 5.75 Å². The highest BCUT2D eigenvalue weighted by atomic mass is 35.5. The van der Waals surface area contributed by atoms with Gasteiger partial charge in [0.25, 0.3) is 11.8 Å². The Morgan fingerprint density at radius 2 is 2.04 bits per heavy atom. The van der Waals surface area contributed by atoms with E-state index in [1.54, 1.807) is 49.4 Å². The number of anilines is 1. The van der Waals surface area contributed by atoms with Crippen molar-refractivity contribution in [3.63, 3.8) is 0 Å². The maximum atomic E-state index is 12.2. The second-order valence-corrected chi connectivity index (χ2v) is 6.44. The van der Waals surface area contributed by atoms with E-state index in [0.717, 1.165) is 0 Å². The van der Waals surface area contributed by atoms with Crippen molar-refractivity contribution in [2.45, 2.75) is 6.92 Å². The van der Waals surface area contributed by atoms with Crippen molar-refractivity contribution < 1.29 is 14.3 Å². The molecule has 6 nitrogen and oxygen atoms in total. The Hall–Kier alpha value is -2.57. The van der Waals surface area contributed by atoms with Crippen LogP contribution in [0.1, 0.15) is 12.5 Å². The molecule has 0 radical (unpaired) electrons. The van der Waals surface area contributed by atoms with Crippen LogP contribution in [-0.4, -0.2) is 30.7 Å². The molecule has 2 aromatic rings. The van der Waals surface area contributed by atoms with Crippen LogP contribution in [0.4, 0.5) is 5.69 Å². The monoisotopic (exact) mass is 391 g/mol. The second kappa shape index (κ2) is 7.76. The van der Waals surface area contributed by atoms with Crippen molar-refractivity contribution in [3.05, 3.63) is 58.1 Å². The zero-order chi connectivity index (χ0) is 18.7. The van der Waals surface area contributed by atoms with Gasteiger partial charge in [-0.25, -0.2) is 5.43 Å². The Morgan fingerprint density at radius 3 is 2.85 bits per heavy atom. The van der Waals surface area contributed by atoms with Gasteiger partial charge < -0.3 is 4.74 Å². The highest BCUT2D eigenvalue weighted by molar-refractivity contribution is 6.36. The number of fused-ring (bicyclic) bond motifs is 1. The highest BCUT2D eigenvalue weighted by Gasteiger charge is 2.26. The molecule has 0 saturated carbocycles. The summed E-state index contributed by atoms with van der Waals surface area (Å²) in [4.78, 5) is 25.7. The molecule has 0 bridgehead atoms. The number of rotatable bonds is 4. The number of nitrogens with zero attached hydrogens (tertiary/aromatic N) is 2. The highest BCUT2D eigenvalue weighted by Crippen LogP contribution is 2.31. The lowest BCUT2D eigenvalue weighted by Gasteiger charge is -2.28. The average Bonchev–Trinajstić information content (AvgIpc) is 2.64. The van der Waals surface area contributed by atoms with Crippen LogP contribution in [0.2, 0.25) is 10.0 Å². The number of hydrazone groups is 1. The molecule has 2 aromatic carbocycles. The van der Waals surface area contributed by atoms with Gasteiger partial charge in [-0.2, -0.15) is 5.10 Å². The molecule has 1 aliphatic rings. The third kappa shape index (κ3) is 3.98. The smallest absolute Gasteiger partial charge is 0.265 e. The topological polar surface area (TPSA) is 71.0 Å². The first-order valence-electron chi connectivity index (χ1n) is 7.76. The van der Waals surface area contributed by atoms with Gasteiger partial charge in [-0.3, -0.25) is 14.5 Å². The number of carbonyl (C=O) groups excluding carboxylic acids is 2. The van der Waals surface area contributed by atoms with E-state index in [4.69, 9.17) is 27.9 Å². The van der Waals surface area contributed by atoms with E-state index in [2.05, 4.69) is 10.5 Å². The minimum absolute atomic E-state index is 0.106. The molecule has 1 heterocycles. The van der Waals surface area contributed by atoms with Crippen LogP contribution in [0.25, 0.3) is 0 Å². The first kappa shape index (κ1) is 18.2. The molecule has 2 amide bonds. The molecule has 0 spiro atoms. The number of para-hydroxylation sites is 2. The van der Waals surface area contributed by atoms with Crippen molar-refractivity contribution in [2.24, 2.45) is 5.10 Å². The van der Waals surface area contributed by atoms with Gasteiger partial charge in [0.05, 0.1) is 11.4 Å². The Balaban J connectivity index is 1.71. The Bertz CT molecular complexity index is 899. The number of nitrogens with one attached hydrogen (secondary N) is 1. The number of halogens is 2. The summed E-state index contributed by atoms with van der Waals surface area (Å²) in [7, 11) is 0. The molecular formula is C18H15Cl2N3O3. The maximum Gasteiger partial charge on any atom is 0.265 e. The van der Waals surface area contributed by atoms with E-state index in [1.165, 1.54) is 4.90 Å². The lowest BCUT2D eigenvalue weighted by atomic mass is 10.1. The van der Waals surface area contributed by atoms with Gasteiger partial charge in [-0.05, 0) is 37.3 Å². The summed E-state index contributed by atoms with van der Waals surface area (Å²) in [5.41, 5.74) is 4.11. The van der Waals surface area contributed by atoms with Gasteiger partial charge in [0.1, 0.15) is 12.3 Å². The molecule has 3 rings (SSSR count). The number of amides is 2. The van der Waals surface area contributed by atoms with Gasteiger partial charge in [-0.15, -0.1) is 0 Å². The quantitative estimate of drug-likeness (QED) is 0.642. The predicted molar refractivity (Wildman–Crippen MR) is 101 cm³/mol. The lowest BCUT2D eigenvalue weighted by Crippen LogP contribution is -2.44. The molecule has 0 unspecified atom stereocenters. The van der Waals surface area contributed by atoms with Gasteiger partial charge in [0, 0.05) is 15.6 Å². The van der Waals surface area contributed by atoms with Crippen LogP contribution >= 0.6 is 23.2 Å². The fraction of sp³-hybridized carbons (Fsp3) is 0.167. The molecule has 134 valence electrons. The van der Waals surface area contributed by atoms with Crippen LogP contribution in [0.15, 0.2) is 47.6 Å². The van der Waals surface area contributed by atoms with Crippen molar-refractivity contribution in [1.82, 2.24) is 5.43 Å². The summed E-state index contributed by atoms with van der Waals surface area (Å²) in [6.07, 6.45) is 0. The molecule has 1 N–H and O–H groups in total. The van der Waals surface area contributed by atoms with E-state index in [1.807, 2.05) is 0 Å². The van der Waals surface area contributed by atoms with E-state index in [0.29, 0.717) is 32.8 Å². The van der Waals surface area contributed by atoms with E-state index in [-0.39, 0.29) is 19.1 Å². The minimum Gasteiger partial charge on any atom is -0.482 e. The molecular weight excluding hydrogens is 377 g/mol. The zero-order valence-corrected chi connectivity index (χ0v) is 15.3. The molecule has 0 aromatic heterocycles. The number of benzene rings is 2. The molecule has 26 heavy (non-hydrogen) atoms. The molecule has 0 fully saturated rings. The Kier molecular flexibility index (Phi) is 5.44. The summed E-state index contributed by atoms with van der Waals surface area (Å²) in [6.45, 7) is 1.43. The van der Waals surface area contributed by atoms with Crippen LogP contribution < -0.4 is 15.1 Å². The number of hydrogen-bond acceptors (Lipinski definition) is 4. The lowest BCUT2D eigenvalue weighted by molar-refractivity contribution is -0.125. The first-order chi connectivity index (χ1) is 12.5. The molecule has 8 heteroatoms. The summed E-state index contributed by atoms with van der Waals surface area (Å²) in [6, 6.07) is 12.0. The number of ether oxygens (including phenoxy) is 1. The van der Waals surface area contributed by atoms with E-state index >= 15 is 0 Å². The SMILES string of the molecule is C/C(=N/NC(=O)CN1C(=O)COc2ccccc21)c1cc(Cl)ccc1Cl. The molecule has 0 aliphatic carbocycles. The minimum atomic E-state index is -0.437. The Labute approximate surface area is 160 Å². The number of carbonyl (C=O) groups is 2. The molecule has 0 saturated heterocycles. The third-order valence-corrected chi connectivity index (χ3v) is 4.34. The van der Waals surface area contributed by atoms with Crippen LogP contribution in [-0.2, 0) is 9.59 Å². The molecule has 1 aliphatic heterocycles. The van der Waals surface area contributed by atoms with Crippen LogP contribution in [0.5, 0.6) is 5.75 Å². The normalized spacial score (nSPS) is 13.9. The summed E-state index contributed by atoms with van der Waals surface area (Å²) in [5, 5.41) is 5.04. The van der Waals surface area contributed by atoms with Crippen LogP contribution in [0.3, 0.4) is 0 Å². The van der Waals surface area contributed by atoms with Crippen molar-refractivity contribution in [2.75, 3.05) is 18.1 Å². The largest absolute Gasteiger partial charge is 0.482 e.